The Bertz CT molecular complexity index is 1170. The monoisotopic (exact) mass is 396 g/mol. The maximum atomic E-state index is 4.52. The van der Waals surface area contributed by atoms with E-state index in [1.165, 1.54) is 31.5 Å². The SMILES string of the molecule is c1ccc(-n2cc(CN3CC4(CC(Nc5ncnc6ccccc56)C4)C3)cn2)cc1. The molecule has 2 aromatic heterocycles. The first kappa shape index (κ1) is 17.6. The Balaban J connectivity index is 1.03. The predicted molar refractivity (Wildman–Crippen MR) is 117 cm³/mol. The van der Waals surface area contributed by atoms with Gasteiger partial charge in [0.25, 0.3) is 0 Å². The van der Waals surface area contributed by atoms with Crippen LogP contribution in [0.15, 0.2) is 73.3 Å². The van der Waals surface area contributed by atoms with Crippen molar-refractivity contribution in [3.63, 3.8) is 0 Å². The number of nitrogens with one attached hydrogen (secondary N) is 1. The number of para-hydroxylation sites is 2. The Kier molecular flexibility index (Phi) is 4.06. The maximum absolute atomic E-state index is 4.52. The molecule has 1 N–H and O–H groups in total. The molecule has 1 saturated heterocycles. The Morgan fingerprint density at radius 2 is 1.77 bits per heavy atom. The van der Waals surface area contributed by atoms with Gasteiger partial charge in [0.1, 0.15) is 12.1 Å². The molecule has 0 unspecified atom stereocenters. The molecule has 2 aromatic carbocycles. The Morgan fingerprint density at radius 1 is 0.967 bits per heavy atom. The number of rotatable bonds is 5. The summed E-state index contributed by atoms with van der Waals surface area (Å²) in [7, 11) is 0. The third kappa shape index (κ3) is 3.13. The van der Waals surface area contributed by atoms with Crippen LogP contribution in [-0.4, -0.2) is 43.8 Å². The molecule has 2 fully saturated rings. The molecule has 3 heterocycles. The third-order valence-electron chi connectivity index (χ3n) is 6.42. The molecule has 30 heavy (non-hydrogen) atoms. The zero-order valence-electron chi connectivity index (χ0n) is 16.8. The molecule has 150 valence electrons. The minimum atomic E-state index is 0.482. The second kappa shape index (κ2) is 6.92. The van der Waals surface area contributed by atoms with Gasteiger partial charge in [-0.15, -0.1) is 0 Å². The molecule has 0 amide bonds. The van der Waals surface area contributed by atoms with Crippen LogP contribution in [0.1, 0.15) is 18.4 Å². The highest BCUT2D eigenvalue weighted by Gasteiger charge is 2.52. The zero-order chi connectivity index (χ0) is 20.0. The summed E-state index contributed by atoms with van der Waals surface area (Å²) < 4.78 is 1.96. The average Bonchev–Trinajstić information content (AvgIpc) is 3.20. The van der Waals surface area contributed by atoms with Crippen molar-refractivity contribution in [3.8, 4) is 5.69 Å². The summed E-state index contributed by atoms with van der Waals surface area (Å²) in [5.74, 6) is 0.963. The molecular weight excluding hydrogens is 372 g/mol. The summed E-state index contributed by atoms with van der Waals surface area (Å²) in [5, 5.41) is 9.27. The summed E-state index contributed by atoms with van der Waals surface area (Å²) >= 11 is 0. The van der Waals surface area contributed by atoms with E-state index in [1.807, 2.05) is 47.3 Å². The summed E-state index contributed by atoms with van der Waals surface area (Å²) in [6.07, 6.45) is 8.21. The van der Waals surface area contributed by atoms with Gasteiger partial charge >= 0.3 is 0 Å². The number of fused-ring (bicyclic) bond motifs is 1. The van der Waals surface area contributed by atoms with Gasteiger partial charge in [-0.05, 0) is 42.5 Å². The van der Waals surface area contributed by atoms with Crippen LogP contribution in [0, 0.1) is 5.41 Å². The van der Waals surface area contributed by atoms with E-state index in [0.717, 1.165) is 29.0 Å². The van der Waals surface area contributed by atoms with Gasteiger partial charge in [-0.1, -0.05) is 30.3 Å². The molecule has 2 aliphatic rings. The van der Waals surface area contributed by atoms with Gasteiger partial charge in [-0.3, -0.25) is 4.90 Å². The quantitative estimate of drug-likeness (QED) is 0.555. The first-order valence-electron chi connectivity index (χ1n) is 10.5. The number of likely N-dealkylation sites (tertiary alicyclic amines) is 1. The lowest BCUT2D eigenvalue weighted by Gasteiger charge is -2.59. The van der Waals surface area contributed by atoms with Crippen LogP contribution in [0.25, 0.3) is 16.6 Å². The fourth-order valence-corrected chi connectivity index (χ4v) is 5.10. The number of nitrogens with zero attached hydrogens (tertiary/aromatic N) is 5. The van der Waals surface area contributed by atoms with Crippen molar-refractivity contribution >= 4 is 16.7 Å². The standard InChI is InChI=1S/C24H24N6/c1-2-6-20(7-3-1)30-14-18(12-27-30)13-29-15-24(16-29)10-19(11-24)28-23-21-8-4-5-9-22(21)25-17-26-23/h1-9,12,14,17,19H,10-11,13,15-16H2,(H,25,26,28). The highest BCUT2D eigenvalue weighted by atomic mass is 15.3. The number of benzene rings is 2. The molecule has 0 atom stereocenters. The van der Waals surface area contributed by atoms with Gasteiger partial charge in [-0.25, -0.2) is 14.6 Å². The second-order valence-electron chi connectivity index (χ2n) is 8.76. The summed E-state index contributed by atoms with van der Waals surface area (Å²) in [4.78, 5) is 11.4. The highest BCUT2D eigenvalue weighted by Crippen LogP contribution is 2.49. The van der Waals surface area contributed by atoms with E-state index in [9.17, 15) is 0 Å². The lowest BCUT2D eigenvalue weighted by molar-refractivity contribution is -0.0712. The first-order valence-corrected chi connectivity index (χ1v) is 10.5. The lowest BCUT2D eigenvalue weighted by Crippen LogP contribution is -2.64. The predicted octanol–water partition coefficient (Wildman–Crippen LogP) is 3.89. The molecule has 1 spiro atoms. The van der Waals surface area contributed by atoms with Gasteiger partial charge in [0.05, 0.1) is 17.4 Å². The van der Waals surface area contributed by atoms with Crippen LogP contribution in [-0.2, 0) is 6.54 Å². The van der Waals surface area contributed by atoms with Crippen molar-refractivity contribution in [1.82, 2.24) is 24.6 Å². The molecule has 6 nitrogen and oxygen atoms in total. The second-order valence-corrected chi connectivity index (χ2v) is 8.76. The summed E-state index contributed by atoms with van der Waals surface area (Å²) in [6, 6.07) is 19.0. The number of anilines is 1. The smallest absolute Gasteiger partial charge is 0.137 e. The van der Waals surface area contributed by atoms with Gasteiger partial charge < -0.3 is 5.32 Å². The molecule has 0 radical (unpaired) electrons. The molecule has 0 bridgehead atoms. The topological polar surface area (TPSA) is 58.9 Å². The maximum Gasteiger partial charge on any atom is 0.137 e. The van der Waals surface area contributed by atoms with Crippen LogP contribution in [0.4, 0.5) is 5.82 Å². The van der Waals surface area contributed by atoms with Crippen molar-refractivity contribution in [3.05, 3.63) is 78.9 Å². The minimum Gasteiger partial charge on any atom is -0.367 e. The van der Waals surface area contributed by atoms with Gasteiger partial charge in [0, 0.05) is 42.8 Å². The van der Waals surface area contributed by atoms with E-state index in [2.05, 4.69) is 49.7 Å². The van der Waals surface area contributed by atoms with Gasteiger partial charge in [0.15, 0.2) is 0 Å². The van der Waals surface area contributed by atoms with Crippen molar-refractivity contribution in [2.45, 2.75) is 25.4 Å². The average molecular weight is 396 g/mol. The molecule has 6 heteroatoms. The minimum absolute atomic E-state index is 0.482. The van der Waals surface area contributed by atoms with E-state index in [0.29, 0.717) is 11.5 Å². The van der Waals surface area contributed by atoms with E-state index < -0.39 is 0 Å². The van der Waals surface area contributed by atoms with E-state index in [1.54, 1.807) is 6.33 Å². The van der Waals surface area contributed by atoms with E-state index >= 15 is 0 Å². The largest absolute Gasteiger partial charge is 0.367 e. The molecular formula is C24H24N6. The molecule has 6 rings (SSSR count). The van der Waals surface area contributed by atoms with Crippen molar-refractivity contribution < 1.29 is 0 Å². The van der Waals surface area contributed by atoms with Crippen molar-refractivity contribution in [2.24, 2.45) is 5.41 Å². The molecule has 1 aliphatic heterocycles. The van der Waals surface area contributed by atoms with Crippen LogP contribution >= 0.6 is 0 Å². The number of hydrogen-bond donors (Lipinski definition) is 1. The van der Waals surface area contributed by atoms with Crippen LogP contribution in [0.5, 0.6) is 0 Å². The normalized spacial score (nSPS) is 18.3. The van der Waals surface area contributed by atoms with E-state index in [-0.39, 0.29) is 0 Å². The summed E-state index contributed by atoms with van der Waals surface area (Å²) in [5.41, 5.74) is 3.86. The van der Waals surface area contributed by atoms with Crippen molar-refractivity contribution in [2.75, 3.05) is 18.4 Å². The molecule has 1 saturated carbocycles. The fourth-order valence-electron chi connectivity index (χ4n) is 5.10. The van der Waals surface area contributed by atoms with Crippen LogP contribution in [0.2, 0.25) is 0 Å². The number of aromatic nitrogens is 4. The zero-order valence-corrected chi connectivity index (χ0v) is 16.8. The summed E-state index contributed by atoms with van der Waals surface area (Å²) in [6.45, 7) is 3.32. The van der Waals surface area contributed by atoms with E-state index in [4.69, 9.17) is 0 Å². The van der Waals surface area contributed by atoms with Gasteiger partial charge in [0.2, 0.25) is 0 Å². The third-order valence-corrected chi connectivity index (χ3v) is 6.42. The molecule has 4 aromatic rings. The number of hydrogen-bond acceptors (Lipinski definition) is 5. The Labute approximate surface area is 175 Å². The van der Waals surface area contributed by atoms with Crippen molar-refractivity contribution in [1.29, 1.82) is 0 Å². The Hall–Kier alpha value is -3.25. The lowest BCUT2D eigenvalue weighted by atomic mass is 9.60. The van der Waals surface area contributed by atoms with Gasteiger partial charge in [-0.2, -0.15) is 5.10 Å². The first-order chi connectivity index (χ1) is 14.8. The van der Waals surface area contributed by atoms with Crippen LogP contribution in [0.3, 0.4) is 0 Å². The fraction of sp³-hybridized carbons (Fsp3) is 0.292. The highest BCUT2D eigenvalue weighted by molar-refractivity contribution is 5.88. The Morgan fingerprint density at radius 3 is 2.63 bits per heavy atom. The molecule has 1 aliphatic carbocycles. The van der Waals surface area contributed by atoms with Crippen LogP contribution < -0.4 is 5.32 Å².